The van der Waals surface area contributed by atoms with Gasteiger partial charge in [-0.2, -0.15) is 14.5 Å². The lowest BCUT2D eigenvalue weighted by Gasteiger charge is -2.28. The molecular formula is C20H27FN6O2. The van der Waals surface area contributed by atoms with Gasteiger partial charge in [0.15, 0.2) is 0 Å². The maximum Gasteiger partial charge on any atom is 0.255 e. The van der Waals surface area contributed by atoms with Gasteiger partial charge in [0.1, 0.15) is 0 Å². The molecule has 29 heavy (non-hydrogen) atoms. The van der Waals surface area contributed by atoms with E-state index in [1.807, 2.05) is 17.8 Å². The molecule has 0 saturated heterocycles. The Kier molecular flexibility index (Phi) is 5.64. The largest absolute Gasteiger partial charge is 0.475 e. The first-order valence-electron chi connectivity index (χ1n) is 10.2. The van der Waals surface area contributed by atoms with Gasteiger partial charge in [0.25, 0.3) is 5.88 Å². The highest BCUT2D eigenvalue weighted by molar-refractivity contribution is 5.73. The van der Waals surface area contributed by atoms with Gasteiger partial charge >= 0.3 is 0 Å². The van der Waals surface area contributed by atoms with Gasteiger partial charge in [0.2, 0.25) is 17.7 Å². The maximum atomic E-state index is 14.1. The lowest BCUT2D eigenvalue weighted by Crippen LogP contribution is -2.37. The molecule has 2 fully saturated rings. The Labute approximate surface area is 169 Å². The van der Waals surface area contributed by atoms with E-state index < -0.39 is 5.82 Å². The Balaban J connectivity index is 1.33. The summed E-state index contributed by atoms with van der Waals surface area (Å²) < 4.78 is 21.8. The highest BCUT2D eigenvalue weighted by Gasteiger charge is 2.26. The molecule has 8 nitrogen and oxygen atoms in total. The predicted molar refractivity (Wildman–Crippen MR) is 106 cm³/mol. The van der Waals surface area contributed by atoms with Crippen molar-refractivity contribution in [1.29, 1.82) is 0 Å². The summed E-state index contributed by atoms with van der Waals surface area (Å²) in [5.74, 6) is -0.00341. The highest BCUT2D eigenvalue weighted by atomic mass is 19.1. The van der Waals surface area contributed by atoms with Gasteiger partial charge in [0.05, 0.1) is 30.2 Å². The molecule has 2 heterocycles. The fourth-order valence-electron chi connectivity index (χ4n) is 3.72. The van der Waals surface area contributed by atoms with Crippen molar-refractivity contribution in [2.45, 2.75) is 64.5 Å². The van der Waals surface area contributed by atoms with Gasteiger partial charge in [0, 0.05) is 19.2 Å². The Morgan fingerprint density at radius 3 is 2.72 bits per heavy atom. The lowest BCUT2D eigenvalue weighted by atomic mass is 9.86. The van der Waals surface area contributed by atoms with Gasteiger partial charge < -0.3 is 15.4 Å². The van der Waals surface area contributed by atoms with E-state index in [1.54, 1.807) is 0 Å². The fourth-order valence-corrected chi connectivity index (χ4v) is 3.72. The third-order valence-electron chi connectivity index (χ3n) is 5.51. The van der Waals surface area contributed by atoms with E-state index in [9.17, 15) is 9.18 Å². The van der Waals surface area contributed by atoms with E-state index in [0.717, 1.165) is 56.1 Å². The average molecular weight is 402 g/mol. The summed E-state index contributed by atoms with van der Waals surface area (Å²) in [6.45, 7) is 3.86. The van der Waals surface area contributed by atoms with E-state index in [4.69, 9.17) is 4.74 Å². The molecule has 9 heteroatoms. The van der Waals surface area contributed by atoms with Crippen LogP contribution in [-0.2, 0) is 4.79 Å². The lowest BCUT2D eigenvalue weighted by molar-refractivity contribution is -0.119. The first kappa shape index (κ1) is 19.6. The molecule has 0 bridgehead atoms. The molecule has 2 aromatic rings. The number of halogens is 1. The van der Waals surface area contributed by atoms with Crippen LogP contribution < -0.4 is 15.4 Å². The Hall–Kier alpha value is -2.71. The smallest absolute Gasteiger partial charge is 0.255 e. The Morgan fingerprint density at radius 2 is 2.03 bits per heavy atom. The second-order valence-corrected chi connectivity index (χ2v) is 8.04. The number of nitrogens with one attached hydrogen (secondary N) is 2. The molecule has 0 spiro atoms. The van der Waals surface area contributed by atoms with E-state index in [2.05, 4.69) is 25.7 Å². The molecule has 4 rings (SSSR count). The molecular weight excluding hydrogens is 375 g/mol. The number of nitrogens with zero attached hydrogens (tertiary/aromatic N) is 4. The van der Waals surface area contributed by atoms with Gasteiger partial charge in [-0.25, -0.2) is 4.98 Å². The zero-order chi connectivity index (χ0) is 20.4. The predicted octanol–water partition coefficient (Wildman–Crippen LogP) is 3.27. The molecule has 2 aliphatic rings. The SMILES string of the molecule is CC(=O)N[C@H]1CC[C@H](COc2nc(Nc3cn(C4CC4)nc3C)ncc2F)CC1. The minimum Gasteiger partial charge on any atom is -0.475 e. The van der Waals surface area contributed by atoms with Crippen LogP contribution in [0.2, 0.25) is 0 Å². The fraction of sp³-hybridized carbons (Fsp3) is 0.600. The topological polar surface area (TPSA) is 94.0 Å². The Morgan fingerprint density at radius 1 is 1.28 bits per heavy atom. The minimum atomic E-state index is -0.576. The molecule has 2 aliphatic carbocycles. The van der Waals surface area contributed by atoms with E-state index >= 15 is 0 Å². The molecule has 2 aromatic heterocycles. The van der Waals surface area contributed by atoms with Crippen molar-refractivity contribution in [3.63, 3.8) is 0 Å². The molecule has 2 saturated carbocycles. The molecule has 156 valence electrons. The molecule has 0 radical (unpaired) electrons. The van der Waals surface area contributed by atoms with E-state index in [1.165, 1.54) is 6.92 Å². The minimum absolute atomic E-state index is 0.00528. The zero-order valence-corrected chi connectivity index (χ0v) is 16.8. The number of anilines is 2. The number of ether oxygens (including phenoxy) is 1. The number of carbonyl (C=O) groups is 1. The van der Waals surface area contributed by atoms with Crippen molar-refractivity contribution in [2.75, 3.05) is 11.9 Å². The van der Waals surface area contributed by atoms with Crippen molar-refractivity contribution in [3.05, 3.63) is 23.9 Å². The number of hydrogen-bond acceptors (Lipinski definition) is 6. The van der Waals surface area contributed by atoms with Crippen molar-refractivity contribution in [3.8, 4) is 5.88 Å². The van der Waals surface area contributed by atoms with Crippen molar-refractivity contribution < 1.29 is 13.9 Å². The standard InChI is InChI=1S/C20H27FN6O2/c1-12-18(10-27(26-12)16-7-8-16)24-20-22-9-17(21)19(25-20)29-11-14-3-5-15(6-4-14)23-13(2)28/h9-10,14-16H,3-8,11H2,1-2H3,(H,23,28)(H,22,24,25)/t14-,15-. The van der Waals surface area contributed by atoms with Crippen molar-refractivity contribution in [1.82, 2.24) is 25.1 Å². The summed E-state index contributed by atoms with van der Waals surface area (Å²) in [5, 5.41) is 10.6. The average Bonchev–Trinajstić information content (AvgIpc) is 3.47. The summed E-state index contributed by atoms with van der Waals surface area (Å²) in [4.78, 5) is 19.4. The van der Waals surface area contributed by atoms with E-state index in [-0.39, 0.29) is 23.8 Å². The summed E-state index contributed by atoms with van der Waals surface area (Å²) in [6, 6.07) is 0.716. The van der Waals surface area contributed by atoms with Gasteiger partial charge in [-0.05, 0) is 51.4 Å². The van der Waals surface area contributed by atoms with Gasteiger partial charge in [-0.1, -0.05) is 0 Å². The second-order valence-electron chi connectivity index (χ2n) is 8.04. The number of aryl methyl sites for hydroxylation is 1. The van der Waals surface area contributed by atoms with Crippen LogP contribution >= 0.6 is 0 Å². The van der Waals surface area contributed by atoms with Crippen LogP contribution in [0.5, 0.6) is 5.88 Å². The van der Waals surface area contributed by atoms with Crippen LogP contribution in [0, 0.1) is 18.7 Å². The molecule has 0 aromatic carbocycles. The van der Waals surface area contributed by atoms with Crippen molar-refractivity contribution >= 4 is 17.5 Å². The number of aromatic nitrogens is 4. The van der Waals surface area contributed by atoms with Gasteiger partial charge in [-0.15, -0.1) is 0 Å². The summed E-state index contributed by atoms with van der Waals surface area (Å²) >= 11 is 0. The van der Waals surface area contributed by atoms with Crippen LogP contribution in [-0.4, -0.2) is 38.3 Å². The molecule has 2 N–H and O–H groups in total. The third kappa shape index (κ3) is 5.02. The second kappa shape index (κ2) is 8.34. The normalized spacial score (nSPS) is 21.6. The highest BCUT2D eigenvalue weighted by Crippen LogP contribution is 2.35. The molecule has 0 aliphatic heterocycles. The van der Waals surface area contributed by atoms with Crippen LogP contribution in [0.15, 0.2) is 12.4 Å². The number of rotatable bonds is 7. The molecule has 0 atom stereocenters. The van der Waals surface area contributed by atoms with Crippen LogP contribution in [0.1, 0.15) is 57.2 Å². The number of carbonyl (C=O) groups excluding carboxylic acids is 1. The monoisotopic (exact) mass is 402 g/mol. The first-order valence-corrected chi connectivity index (χ1v) is 10.2. The maximum absolute atomic E-state index is 14.1. The summed E-state index contributed by atoms with van der Waals surface area (Å²) in [6.07, 6.45) is 9.06. The summed E-state index contributed by atoms with van der Waals surface area (Å²) in [5.41, 5.74) is 1.66. The quantitative estimate of drug-likeness (QED) is 0.738. The number of hydrogen-bond donors (Lipinski definition) is 2. The van der Waals surface area contributed by atoms with Gasteiger partial charge in [-0.3, -0.25) is 9.48 Å². The molecule has 1 amide bonds. The zero-order valence-electron chi connectivity index (χ0n) is 16.8. The summed E-state index contributed by atoms with van der Waals surface area (Å²) in [7, 11) is 0. The molecule has 0 unspecified atom stereocenters. The van der Waals surface area contributed by atoms with Crippen LogP contribution in [0.4, 0.5) is 16.0 Å². The van der Waals surface area contributed by atoms with Crippen LogP contribution in [0.25, 0.3) is 0 Å². The van der Waals surface area contributed by atoms with Crippen molar-refractivity contribution in [2.24, 2.45) is 5.92 Å². The third-order valence-corrected chi connectivity index (χ3v) is 5.51. The Bertz CT molecular complexity index is 874. The van der Waals surface area contributed by atoms with Crippen LogP contribution in [0.3, 0.4) is 0 Å². The number of amides is 1. The van der Waals surface area contributed by atoms with E-state index in [0.29, 0.717) is 18.6 Å². The first-order chi connectivity index (χ1) is 14.0.